The lowest BCUT2D eigenvalue weighted by Crippen LogP contribution is -2.62. The highest BCUT2D eigenvalue weighted by molar-refractivity contribution is 6.05. The fraction of sp³-hybridized carbons (Fsp3) is 0.500. The van der Waals surface area contributed by atoms with Crippen LogP contribution in [0.1, 0.15) is 54.4 Å². The topological polar surface area (TPSA) is 155 Å². The molecule has 2 atom stereocenters. The van der Waals surface area contributed by atoms with Gasteiger partial charge in [-0.2, -0.15) is 0 Å². The summed E-state index contributed by atoms with van der Waals surface area (Å²) in [4.78, 5) is 60.9. The van der Waals surface area contributed by atoms with E-state index < -0.39 is 40.9 Å². The molecular formula is C40H44F3N9O5. The number of aromatic nitrogens is 2. The molecule has 2 aromatic carbocycles. The van der Waals surface area contributed by atoms with Gasteiger partial charge in [0.1, 0.15) is 11.9 Å². The molecule has 0 saturated carbocycles. The number of benzene rings is 2. The van der Waals surface area contributed by atoms with Gasteiger partial charge in [-0.3, -0.25) is 24.5 Å². The van der Waals surface area contributed by atoms with Crippen molar-refractivity contribution in [3.63, 3.8) is 0 Å². The highest BCUT2D eigenvalue weighted by Gasteiger charge is 2.47. The number of alkyl halides is 1. The predicted octanol–water partition coefficient (Wildman–Crippen LogP) is 3.05. The number of phenolic OH excluding ortho intramolecular Hbond substituents is 1. The Labute approximate surface area is 327 Å². The van der Waals surface area contributed by atoms with Crippen LogP contribution in [0.15, 0.2) is 36.4 Å². The molecule has 1 aromatic heterocycles. The number of likely N-dealkylation sites (tertiary alicyclic amines) is 1. The van der Waals surface area contributed by atoms with E-state index in [1.165, 1.54) is 0 Å². The second-order valence-electron chi connectivity index (χ2n) is 16.2. The first-order chi connectivity index (χ1) is 27.4. The summed E-state index contributed by atoms with van der Waals surface area (Å²) in [6, 6.07) is 8.28. The molecule has 4 fully saturated rings. The van der Waals surface area contributed by atoms with Gasteiger partial charge in [0.05, 0.1) is 17.4 Å². The summed E-state index contributed by atoms with van der Waals surface area (Å²) < 4.78 is 44.5. The molecule has 3 aromatic rings. The highest BCUT2D eigenvalue weighted by Crippen LogP contribution is 2.39. The van der Waals surface area contributed by atoms with Crippen LogP contribution in [0.4, 0.5) is 30.4 Å². The monoisotopic (exact) mass is 787 g/mol. The van der Waals surface area contributed by atoms with Gasteiger partial charge in [0.2, 0.25) is 11.8 Å². The number of hydrogen-bond acceptors (Lipinski definition) is 11. The fourth-order valence-corrected chi connectivity index (χ4v) is 9.43. The minimum Gasteiger partial charge on any atom is -0.504 e. The summed E-state index contributed by atoms with van der Waals surface area (Å²) in [5.74, 6) is -3.17. The SMILES string of the molecule is O=C1CCC(N2Cc3ccc(N4CCC(CN5CCC(F)(C(=O)N6CCN7c8cc(-c9cc(F)cc(F)c9O)nnc8NC[C@H]7C6)CC5)CC4)cc3C2=O)C(=O)N1. The minimum atomic E-state index is -1.95. The average molecular weight is 788 g/mol. The van der Waals surface area contributed by atoms with Crippen molar-refractivity contribution in [2.45, 2.75) is 62.8 Å². The maximum Gasteiger partial charge on any atom is 0.260 e. The van der Waals surface area contributed by atoms with Crippen molar-refractivity contribution < 1.29 is 37.5 Å². The number of hydrogen-bond donors (Lipinski definition) is 3. The molecule has 9 rings (SSSR count). The zero-order valence-electron chi connectivity index (χ0n) is 31.4. The number of piperidine rings is 3. The molecule has 0 aliphatic carbocycles. The summed E-state index contributed by atoms with van der Waals surface area (Å²) in [6.07, 6.45) is 2.69. The van der Waals surface area contributed by atoms with Crippen molar-refractivity contribution in [2.75, 3.05) is 74.0 Å². The molecule has 1 unspecified atom stereocenters. The number of aromatic hydroxyl groups is 1. The first-order valence-electron chi connectivity index (χ1n) is 19.7. The number of piperazine rings is 1. The normalized spacial score (nSPS) is 23.8. The number of nitrogens with one attached hydrogen (secondary N) is 2. The maximum atomic E-state index is 16.4. The number of imide groups is 1. The van der Waals surface area contributed by atoms with Crippen LogP contribution in [0.5, 0.6) is 5.75 Å². The second kappa shape index (κ2) is 14.5. The number of rotatable bonds is 6. The van der Waals surface area contributed by atoms with Crippen LogP contribution in [0, 0.1) is 17.6 Å². The first kappa shape index (κ1) is 37.1. The number of fused-ring (bicyclic) bond motifs is 4. The fourth-order valence-electron chi connectivity index (χ4n) is 9.43. The zero-order valence-corrected chi connectivity index (χ0v) is 31.4. The third-order valence-corrected chi connectivity index (χ3v) is 12.7. The smallest absolute Gasteiger partial charge is 0.260 e. The molecule has 7 heterocycles. The van der Waals surface area contributed by atoms with E-state index >= 15 is 4.39 Å². The van der Waals surface area contributed by atoms with Gasteiger partial charge in [-0.05, 0) is 55.0 Å². The van der Waals surface area contributed by atoms with E-state index in [0.29, 0.717) is 81.3 Å². The molecule has 6 aliphatic heterocycles. The summed E-state index contributed by atoms with van der Waals surface area (Å²) in [5.41, 5.74) is 1.12. The van der Waals surface area contributed by atoms with Crippen LogP contribution in [0.2, 0.25) is 0 Å². The quantitative estimate of drug-likeness (QED) is 0.316. The van der Waals surface area contributed by atoms with Gasteiger partial charge in [0.15, 0.2) is 23.1 Å². The van der Waals surface area contributed by atoms with Crippen molar-refractivity contribution in [1.82, 2.24) is 30.2 Å². The van der Waals surface area contributed by atoms with E-state index in [0.717, 1.165) is 49.8 Å². The lowest BCUT2D eigenvalue weighted by molar-refractivity contribution is -0.148. The molecule has 6 aliphatic rings. The summed E-state index contributed by atoms with van der Waals surface area (Å²) >= 11 is 0. The molecule has 57 heavy (non-hydrogen) atoms. The van der Waals surface area contributed by atoms with Crippen molar-refractivity contribution in [2.24, 2.45) is 5.92 Å². The van der Waals surface area contributed by atoms with Gasteiger partial charge in [-0.25, -0.2) is 13.2 Å². The number of nitrogens with zero attached hydrogens (tertiary/aromatic N) is 7. The molecule has 0 bridgehead atoms. The van der Waals surface area contributed by atoms with Gasteiger partial charge in [0.25, 0.3) is 11.8 Å². The van der Waals surface area contributed by atoms with Gasteiger partial charge in [0, 0.05) is 108 Å². The van der Waals surface area contributed by atoms with E-state index in [9.17, 15) is 33.1 Å². The molecule has 0 radical (unpaired) electrons. The van der Waals surface area contributed by atoms with Crippen molar-refractivity contribution in [3.05, 3.63) is 59.2 Å². The number of phenols is 1. The number of carbonyl (C=O) groups is 4. The minimum absolute atomic E-state index is 0.101. The van der Waals surface area contributed by atoms with E-state index in [1.54, 1.807) is 15.9 Å². The van der Waals surface area contributed by atoms with E-state index in [-0.39, 0.29) is 48.4 Å². The van der Waals surface area contributed by atoms with Gasteiger partial charge >= 0.3 is 0 Å². The molecule has 3 N–H and O–H groups in total. The number of carbonyl (C=O) groups excluding carboxylic acids is 4. The highest BCUT2D eigenvalue weighted by atomic mass is 19.1. The summed E-state index contributed by atoms with van der Waals surface area (Å²) in [5, 5.41) is 24.0. The molecule has 14 nitrogen and oxygen atoms in total. The van der Waals surface area contributed by atoms with Crippen molar-refractivity contribution in [3.8, 4) is 17.0 Å². The lowest BCUT2D eigenvalue weighted by atomic mass is 9.89. The molecule has 0 spiro atoms. The Bertz CT molecular complexity index is 2140. The molecule has 17 heteroatoms. The van der Waals surface area contributed by atoms with Gasteiger partial charge in [-0.1, -0.05) is 6.07 Å². The number of anilines is 3. The zero-order chi connectivity index (χ0) is 39.6. The molecule has 300 valence electrons. The second-order valence-corrected chi connectivity index (χ2v) is 16.2. The summed E-state index contributed by atoms with van der Waals surface area (Å²) in [7, 11) is 0. The molecular weight excluding hydrogens is 743 g/mol. The third kappa shape index (κ3) is 6.89. The van der Waals surface area contributed by atoms with Gasteiger partial charge < -0.3 is 34.9 Å². The third-order valence-electron chi connectivity index (χ3n) is 12.7. The Morgan fingerprint density at radius 3 is 2.47 bits per heavy atom. The van der Waals surface area contributed by atoms with E-state index in [1.807, 2.05) is 23.1 Å². The molecule has 4 saturated heterocycles. The van der Waals surface area contributed by atoms with Crippen LogP contribution >= 0.6 is 0 Å². The van der Waals surface area contributed by atoms with Crippen LogP contribution in [0.3, 0.4) is 0 Å². The number of amides is 4. The maximum absolute atomic E-state index is 16.4. The Morgan fingerprint density at radius 1 is 0.912 bits per heavy atom. The average Bonchev–Trinajstić information content (AvgIpc) is 3.54. The van der Waals surface area contributed by atoms with Crippen LogP contribution in [-0.2, 0) is 20.9 Å². The largest absolute Gasteiger partial charge is 0.504 e. The Morgan fingerprint density at radius 2 is 1.70 bits per heavy atom. The van der Waals surface area contributed by atoms with Crippen molar-refractivity contribution in [1.29, 1.82) is 0 Å². The standard InChI is InChI=1S/C40H44F3N9O5/c41-25-15-29(35(54)30(42)16-25)31-18-33-36(47-46-31)44-19-27-22-50(13-14-51(27)33)39(57)40(43)7-11-48(12-8-40)20-23-5-9-49(10-6-23)26-2-1-24-21-52(38(56)28(24)17-26)32-3-4-34(53)45-37(32)55/h1-2,15-18,23,27,32,54H,3-14,19-22H2,(H,44,47)(H,45,53,55)/t27-,32?/m0/s1. The van der Waals surface area contributed by atoms with Crippen LogP contribution < -0.4 is 20.4 Å². The predicted molar refractivity (Wildman–Crippen MR) is 202 cm³/mol. The van der Waals surface area contributed by atoms with Crippen molar-refractivity contribution >= 4 is 40.8 Å². The van der Waals surface area contributed by atoms with Crippen LogP contribution in [-0.4, -0.2) is 130 Å². The summed E-state index contributed by atoms with van der Waals surface area (Å²) in [6.45, 7) is 5.26. The first-order valence-corrected chi connectivity index (χ1v) is 19.7. The van der Waals surface area contributed by atoms with E-state index in [2.05, 4.69) is 30.6 Å². The van der Waals surface area contributed by atoms with Crippen LogP contribution in [0.25, 0.3) is 11.3 Å². The Kier molecular flexibility index (Phi) is 9.44. The Hall–Kier alpha value is -5.45. The lowest BCUT2D eigenvalue weighted by Gasteiger charge is -2.47. The molecule has 4 amide bonds. The Balaban J connectivity index is 0.758. The van der Waals surface area contributed by atoms with Gasteiger partial charge in [-0.15, -0.1) is 10.2 Å². The van der Waals surface area contributed by atoms with E-state index in [4.69, 9.17) is 0 Å². The number of halogens is 3.